The maximum absolute atomic E-state index is 13.9. The average molecular weight is 395 g/mol. The highest BCUT2D eigenvalue weighted by Crippen LogP contribution is 2.48. The molecule has 5 rings (SSSR count). The number of amides is 1. The second-order valence-corrected chi connectivity index (χ2v) is 8.47. The second-order valence-electron chi connectivity index (χ2n) is 8.03. The Balaban J connectivity index is 1.65. The van der Waals surface area contributed by atoms with Gasteiger partial charge in [0, 0.05) is 30.3 Å². The van der Waals surface area contributed by atoms with Crippen molar-refractivity contribution in [3.05, 3.63) is 59.1 Å². The van der Waals surface area contributed by atoms with Crippen LogP contribution in [-0.2, 0) is 11.2 Å². The number of piperazine rings is 1. The van der Waals surface area contributed by atoms with Crippen LogP contribution >= 0.6 is 11.6 Å². The number of hydrogen-bond donors (Lipinski definition) is 0. The van der Waals surface area contributed by atoms with Gasteiger partial charge in [-0.25, -0.2) is 0 Å². The number of halogens is 1. The van der Waals surface area contributed by atoms with Crippen molar-refractivity contribution >= 4 is 34.6 Å². The molecule has 3 heterocycles. The van der Waals surface area contributed by atoms with Gasteiger partial charge in [-0.2, -0.15) is 10.1 Å². The Kier molecular flexibility index (Phi) is 4.00. The summed E-state index contributed by atoms with van der Waals surface area (Å²) in [5.41, 5.74) is 3.40. The van der Waals surface area contributed by atoms with E-state index in [0.29, 0.717) is 6.42 Å². The van der Waals surface area contributed by atoms with Crippen molar-refractivity contribution in [1.82, 2.24) is 4.90 Å². The van der Waals surface area contributed by atoms with E-state index in [1.165, 1.54) is 5.56 Å². The van der Waals surface area contributed by atoms with E-state index in [2.05, 4.69) is 22.9 Å². The van der Waals surface area contributed by atoms with E-state index in [1.807, 2.05) is 49.4 Å². The van der Waals surface area contributed by atoms with Gasteiger partial charge < -0.3 is 9.80 Å². The highest BCUT2D eigenvalue weighted by atomic mass is 35.5. The Morgan fingerprint density at radius 2 is 1.93 bits per heavy atom. The zero-order chi connectivity index (χ0) is 19.5. The van der Waals surface area contributed by atoms with Crippen LogP contribution < -0.4 is 9.91 Å². The lowest BCUT2D eigenvalue weighted by molar-refractivity contribution is -0.125. The summed E-state index contributed by atoms with van der Waals surface area (Å²) in [6.07, 6.45) is 0.659. The lowest BCUT2D eigenvalue weighted by Crippen LogP contribution is -2.66. The van der Waals surface area contributed by atoms with E-state index in [4.69, 9.17) is 16.7 Å². The molecule has 0 aliphatic carbocycles. The number of rotatable bonds is 1. The van der Waals surface area contributed by atoms with Gasteiger partial charge in [-0.3, -0.25) is 4.79 Å². The molecule has 1 amide bonds. The van der Waals surface area contributed by atoms with Crippen LogP contribution in [0.3, 0.4) is 0 Å². The summed E-state index contributed by atoms with van der Waals surface area (Å²) in [6.45, 7) is 4.68. The minimum atomic E-state index is -0.647. The van der Waals surface area contributed by atoms with Crippen LogP contribution in [0.2, 0.25) is 5.02 Å². The molecule has 3 aliphatic heterocycles. The standard InChI is InChI=1S/C22H23ClN4O/c1-15-22(21(28)27(24-15)18-6-4-3-5-7-18)13-16-8-9-17(23)12-19(16)26-11-10-25(2)14-20(22)26/h3-9,12,20H,10-11,13-14H2,1-2H3/t20-,22-/m0/s1. The third-order valence-corrected chi connectivity index (χ3v) is 6.68. The summed E-state index contributed by atoms with van der Waals surface area (Å²) in [4.78, 5) is 18.6. The third kappa shape index (κ3) is 2.43. The number of carbonyl (C=O) groups excluding carboxylic acids is 1. The Morgan fingerprint density at radius 3 is 2.71 bits per heavy atom. The Morgan fingerprint density at radius 1 is 1.14 bits per heavy atom. The van der Waals surface area contributed by atoms with Crippen molar-refractivity contribution < 1.29 is 4.79 Å². The van der Waals surface area contributed by atoms with Gasteiger partial charge in [0.05, 0.1) is 17.4 Å². The highest BCUT2D eigenvalue weighted by Gasteiger charge is 2.59. The van der Waals surface area contributed by atoms with E-state index in [9.17, 15) is 4.79 Å². The number of anilines is 2. The third-order valence-electron chi connectivity index (χ3n) is 6.45. The van der Waals surface area contributed by atoms with Gasteiger partial charge in [-0.15, -0.1) is 0 Å². The number of nitrogens with zero attached hydrogens (tertiary/aromatic N) is 4. The van der Waals surface area contributed by atoms with Crippen molar-refractivity contribution in [2.24, 2.45) is 10.5 Å². The lowest BCUT2D eigenvalue weighted by Gasteiger charge is -2.52. The number of likely N-dealkylation sites (N-methyl/N-ethyl adjacent to an activating group) is 1. The normalized spacial score (nSPS) is 27.0. The maximum Gasteiger partial charge on any atom is 0.261 e. The predicted molar refractivity (Wildman–Crippen MR) is 113 cm³/mol. The molecule has 0 aromatic heterocycles. The molecule has 2 atom stereocenters. The molecular formula is C22H23ClN4O. The van der Waals surface area contributed by atoms with Gasteiger partial charge in [0.1, 0.15) is 5.41 Å². The van der Waals surface area contributed by atoms with Crippen LogP contribution in [0.25, 0.3) is 0 Å². The number of carbonyl (C=O) groups is 1. The molecule has 1 spiro atoms. The highest BCUT2D eigenvalue weighted by molar-refractivity contribution is 6.31. The van der Waals surface area contributed by atoms with Crippen LogP contribution in [0, 0.1) is 5.41 Å². The van der Waals surface area contributed by atoms with Crippen molar-refractivity contribution in [3.8, 4) is 0 Å². The van der Waals surface area contributed by atoms with Gasteiger partial charge >= 0.3 is 0 Å². The fourth-order valence-corrected chi connectivity index (χ4v) is 5.13. The molecule has 6 heteroatoms. The topological polar surface area (TPSA) is 39.2 Å². The van der Waals surface area contributed by atoms with E-state index in [-0.39, 0.29) is 11.9 Å². The molecule has 0 N–H and O–H groups in total. The van der Waals surface area contributed by atoms with Gasteiger partial charge in [-0.05, 0) is 50.2 Å². The largest absolute Gasteiger partial charge is 0.364 e. The molecule has 0 radical (unpaired) electrons. The Bertz CT molecular complexity index is 976. The molecule has 0 unspecified atom stereocenters. The van der Waals surface area contributed by atoms with Crippen LogP contribution in [0.1, 0.15) is 12.5 Å². The molecule has 28 heavy (non-hydrogen) atoms. The fraction of sp³-hybridized carbons (Fsp3) is 0.364. The molecule has 1 fully saturated rings. The Hall–Kier alpha value is -2.37. The number of fused-ring (bicyclic) bond motifs is 4. The first-order chi connectivity index (χ1) is 13.5. The summed E-state index contributed by atoms with van der Waals surface area (Å²) >= 11 is 6.31. The molecule has 1 saturated heterocycles. The number of para-hydroxylation sites is 1. The first-order valence-electron chi connectivity index (χ1n) is 9.69. The first-order valence-corrected chi connectivity index (χ1v) is 10.1. The molecule has 0 saturated carbocycles. The number of hydrazone groups is 1. The molecule has 3 aliphatic rings. The second kappa shape index (κ2) is 6.33. The van der Waals surface area contributed by atoms with Crippen LogP contribution in [0.15, 0.2) is 53.6 Å². The van der Waals surface area contributed by atoms with Crippen LogP contribution in [0.4, 0.5) is 11.4 Å². The number of hydrogen-bond acceptors (Lipinski definition) is 4. The lowest BCUT2D eigenvalue weighted by atomic mass is 9.67. The van der Waals surface area contributed by atoms with Crippen molar-refractivity contribution in [2.75, 3.05) is 36.6 Å². The van der Waals surface area contributed by atoms with Crippen molar-refractivity contribution in [1.29, 1.82) is 0 Å². The quantitative estimate of drug-likeness (QED) is 0.743. The number of benzene rings is 2. The van der Waals surface area contributed by atoms with Gasteiger partial charge in [-0.1, -0.05) is 35.9 Å². The maximum atomic E-state index is 13.9. The summed E-state index contributed by atoms with van der Waals surface area (Å²) in [5, 5.41) is 7.09. The predicted octanol–water partition coefficient (Wildman–Crippen LogP) is 3.43. The van der Waals surface area contributed by atoms with Crippen molar-refractivity contribution in [2.45, 2.75) is 19.4 Å². The first kappa shape index (κ1) is 17.7. The van der Waals surface area contributed by atoms with Crippen LogP contribution in [0.5, 0.6) is 0 Å². The summed E-state index contributed by atoms with van der Waals surface area (Å²) < 4.78 is 0. The van der Waals surface area contributed by atoms with E-state index < -0.39 is 5.41 Å². The van der Waals surface area contributed by atoms with E-state index >= 15 is 0 Å². The van der Waals surface area contributed by atoms with Gasteiger partial charge in [0.15, 0.2) is 0 Å². The summed E-state index contributed by atoms with van der Waals surface area (Å²) in [6, 6.07) is 15.8. The zero-order valence-corrected chi connectivity index (χ0v) is 16.9. The molecule has 2 aromatic carbocycles. The average Bonchev–Trinajstić information content (AvgIpc) is 2.95. The molecule has 5 nitrogen and oxygen atoms in total. The molecule has 0 bridgehead atoms. The molecule has 2 aromatic rings. The Labute approximate surface area is 170 Å². The van der Waals surface area contributed by atoms with E-state index in [1.54, 1.807) is 5.01 Å². The van der Waals surface area contributed by atoms with Crippen LogP contribution in [-0.4, -0.2) is 49.2 Å². The minimum absolute atomic E-state index is 0.0437. The fourth-order valence-electron chi connectivity index (χ4n) is 4.96. The van der Waals surface area contributed by atoms with E-state index in [0.717, 1.165) is 41.7 Å². The monoisotopic (exact) mass is 394 g/mol. The minimum Gasteiger partial charge on any atom is -0.364 e. The molecule has 144 valence electrons. The zero-order valence-electron chi connectivity index (χ0n) is 16.1. The smallest absolute Gasteiger partial charge is 0.261 e. The van der Waals surface area contributed by atoms with Gasteiger partial charge in [0.25, 0.3) is 5.91 Å². The summed E-state index contributed by atoms with van der Waals surface area (Å²) in [5.74, 6) is 0.0714. The summed E-state index contributed by atoms with van der Waals surface area (Å²) in [7, 11) is 2.12. The van der Waals surface area contributed by atoms with Crippen molar-refractivity contribution in [3.63, 3.8) is 0 Å². The molecular weight excluding hydrogens is 372 g/mol. The SMILES string of the molecule is CC1=NN(c2ccccc2)C(=O)[C@@]12Cc1ccc(Cl)cc1N1CCN(C)C[C@H]12. The van der Waals surface area contributed by atoms with Gasteiger partial charge in [0.2, 0.25) is 0 Å².